The summed E-state index contributed by atoms with van der Waals surface area (Å²) < 4.78 is 5.23. The molecule has 0 aromatic heterocycles. The highest BCUT2D eigenvalue weighted by Crippen LogP contribution is 2.38. The number of carbonyl (C=O) groups excluding carboxylic acids is 1. The number of aryl methyl sites for hydroxylation is 1. The maximum Gasteiger partial charge on any atom is 0.258 e. The highest BCUT2D eigenvalue weighted by Gasteiger charge is 2.26. The summed E-state index contributed by atoms with van der Waals surface area (Å²) in [4.78, 5) is 14.9. The van der Waals surface area contributed by atoms with Gasteiger partial charge in [-0.2, -0.15) is 0 Å². The van der Waals surface area contributed by atoms with Gasteiger partial charge in [0.1, 0.15) is 11.3 Å². The van der Waals surface area contributed by atoms with Crippen molar-refractivity contribution in [3.05, 3.63) is 22.2 Å². The molecule has 1 unspecified atom stereocenters. The summed E-state index contributed by atoms with van der Waals surface area (Å²) in [6.45, 7) is 6.63. The van der Waals surface area contributed by atoms with Crippen molar-refractivity contribution in [3.63, 3.8) is 0 Å². The number of likely N-dealkylation sites (tertiary alicyclic amines) is 1. The Morgan fingerprint density at radius 2 is 2.21 bits per heavy atom. The Labute approximate surface area is 154 Å². The summed E-state index contributed by atoms with van der Waals surface area (Å²) in [6, 6.07) is 1.99. The van der Waals surface area contributed by atoms with Crippen LogP contribution in [-0.4, -0.2) is 48.7 Å². The highest BCUT2D eigenvalue weighted by molar-refractivity contribution is 6.33. The van der Waals surface area contributed by atoms with Gasteiger partial charge in [0, 0.05) is 12.6 Å². The van der Waals surface area contributed by atoms with Gasteiger partial charge in [-0.25, -0.2) is 0 Å². The number of phenolic OH excluding ortho intramolecular Hbond substituents is 1. The first-order valence-corrected chi connectivity index (χ1v) is 8.51. The first kappa shape index (κ1) is 20.9. The van der Waals surface area contributed by atoms with Gasteiger partial charge in [0.25, 0.3) is 5.91 Å². The Bertz CT molecular complexity index is 581. The number of likely N-dealkylation sites (N-methyl/N-ethyl adjacent to an activating group) is 1. The van der Waals surface area contributed by atoms with Crippen LogP contribution in [0.3, 0.4) is 0 Å². The van der Waals surface area contributed by atoms with E-state index in [4.69, 9.17) is 16.3 Å². The van der Waals surface area contributed by atoms with Gasteiger partial charge in [-0.3, -0.25) is 9.69 Å². The minimum absolute atomic E-state index is 0. The standard InChI is InChI=1S/C17H25ClN2O3.ClH/c1-4-11-9-13(18)16(23-3)14(15(11)21)17(22)19-10-12-7-6-8-20(12)5-2;/h9,12,21H,4-8,10H2,1-3H3,(H,19,22);1H/p-1. The van der Waals surface area contributed by atoms with Gasteiger partial charge in [0.15, 0.2) is 5.75 Å². The summed E-state index contributed by atoms with van der Waals surface area (Å²) >= 11 is 6.18. The number of nitrogens with one attached hydrogen (secondary N) is 1. The van der Waals surface area contributed by atoms with Gasteiger partial charge >= 0.3 is 0 Å². The lowest BCUT2D eigenvalue weighted by Gasteiger charge is -2.23. The molecule has 0 saturated carbocycles. The van der Waals surface area contributed by atoms with E-state index in [1.54, 1.807) is 6.07 Å². The zero-order chi connectivity index (χ0) is 17.0. The molecule has 7 heteroatoms. The molecule has 1 aliphatic heterocycles. The van der Waals surface area contributed by atoms with Crippen molar-refractivity contribution in [2.45, 2.75) is 39.2 Å². The molecule has 0 bridgehead atoms. The number of nitrogens with zero attached hydrogens (tertiary/aromatic N) is 1. The minimum atomic E-state index is -0.348. The number of halogens is 2. The van der Waals surface area contributed by atoms with Crippen LogP contribution in [0.4, 0.5) is 0 Å². The van der Waals surface area contributed by atoms with Gasteiger partial charge in [0.05, 0.1) is 12.1 Å². The lowest BCUT2D eigenvalue weighted by Crippen LogP contribution is -3.00. The van der Waals surface area contributed by atoms with E-state index in [1.807, 2.05) is 6.92 Å². The second-order valence-electron chi connectivity index (χ2n) is 5.76. The molecule has 1 atom stereocenters. The monoisotopic (exact) mass is 375 g/mol. The summed E-state index contributed by atoms with van der Waals surface area (Å²) in [5.41, 5.74) is 0.759. The minimum Gasteiger partial charge on any atom is -1.00 e. The van der Waals surface area contributed by atoms with E-state index in [0.717, 1.165) is 25.9 Å². The third kappa shape index (κ3) is 4.26. The van der Waals surface area contributed by atoms with E-state index in [2.05, 4.69) is 17.1 Å². The van der Waals surface area contributed by atoms with Crippen LogP contribution < -0.4 is 22.5 Å². The van der Waals surface area contributed by atoms with E-state index >= 15 is 0 Å². The average Bonchev–Trinajstić information content (AvgIpc) is 3.01. The zero-order valence-electron chi connectivity index (χ0n) is 14.4. The number of hydrogen-bond acceptors (Lipinski definition) is 4. The van der Waals surface area contributed by atoms with Gasteiger partial charge in [0.2, 0.25) is 0 Å². The second kappa shape index (κ2) is 9.35. The molecule has 1 saturated heterocycles. The molecular formula is C17H25Cl2N2O3-. The molecular weight excluding hydrogens is 351 g/mol. The first-order chi connectivity index (χ1) is 11.0. The van der Waals surface area contributed by atoms with Gasteiger partial charge < -0.3 is 27.6 Å². The Morgan fingerprint density at radius 3 is 2.79 bits per heavy atom. The second-order valence-corrected chi connectivity index (χ2v) is 6.17. The van der Waals surface area contributed by atoms with Crippen molar-refractivity contribution >= 4 is 17.5 Å². The lowest BCUT2D eigenvalue weighted by atomic mass is 10.0. The molecule has 2 N–H and O–H groups in total. The number of ether oxygens (including phenoxy) is 1. The van der Waals surface area contributed by atoms with E-state index in [1.165, 1.54) is 7.11 Å². The quantitative estimate of drug-likeness (QED) is 0.724. The van der Waals surface area contributed by atoms with Crippen molar-refractivity contribution in [1.29, 1.82) is 0 Å². The van der Waals surface area contributed by atoms with Crippen LogP contribution in [-0.2, 0) is 6.42 Å². The Balaban J connectivity index is 0.00000288. The molecule has 0 radical (unpaired) electrons. The van der Waals surface area contributed by atoms with E-state index in [-0.39, 0.29) is 35.4 Å². The molecule has 136 valence electrons. The predicted molar refractivity (Wildman–Crippen MR) is 91.6 cm³/mol. The molecule has 0 spiro atoms. The Kier molecular flexibility index (Phi) is 8.13. The molecule has 1 heterocycles. The molecule has 1 amide bonds. The molecule has 0 aliphatic carbocycles. The summed E-state index contributed by atoms with van der Waals surface area (Å²) in [7, 11) is 1.44. The molecule has 5 nitrogen and oxygen atoms in total. The average molecular weight is 376 g/mol. The van der Waals surface area contributed by atoms with Crippen molar-refractivity contribution in [2.75, 3.05) is 26.7 Å². The van der Waals surface area contributed by atoms with Crippen LogP contribution in [0.5, 0.6) is 11.5 Å². The lowest BCUT2D eigenvalue weighted by molar-refractivity contribution is -0.0000149. The van der Waals surface area contributed by atoms with Crippen LogP contribution in [0.2, 0.25) is 5.02 Å². The van der Waals surface area contributed by atoms with E-state index < -0.39 is 0 Å². The number of amides is 1. The number of carbonyl (C=O) groups is 1. The molecule has 24 heavy (non-hydrogen) atoms. The maximum atomic E-state index is 12.6. The smallest absolute Gasteiger partial charge is 0.258 e. The molecule has 1 aromatic rings. The third-order valence-electron chi connectivity index (χ3n) is 4.50. The summed E-state index contributed by atoms with van der Waals surface area (Å²) in [5, 5.41) is 13.6. The van der Waals surface area contributed by atoms with Crippen LogP contribution in [0, 0.1) is 0 Å². The maximum absolute atomic E-state index is 12.6. The normalized spacial score (nSPS) is 17.4. The number of phenols is 1. The SMILES string of the molecule is CCc1cc(Cl)c(OC)c(C(=O)NCC2CCCN2CC)c1O.[Cl-]. The molecule has 1 fully saturated rings. The fourth-order valence-corrected chi connectivity index (χ4v) is 3.50. The first-order valence-electron chi connectivity index (χ1n) is 8.13. The molecule has 2 rings (SSSR count). The Hall–Kier alpha value is -1.17. The predicted octanol–water partition coefficient (Wildman–Crippen LogP) is -0.165. The topological polar surface area (TPSA) is 61.8 Å². The number of aromatic hydroxyl groups is 1. The third-order valence-corrected chi connectivity index (χ3v) is 4.78. The largest absolute Gasteiger partial charge is 1.00 e. The summed E-state index contributed by atoms with van der Waals surface area (Å²) in [5.74, 6) is -0.179. The molecule has 1 aliphatic rings. The van der Waals surface area contributed by atoms with Crippen molar-refractivity contribution in [3.8, 4) is 11.5 Å². The van der Waals surface area contributed by atoms with Crippen molar-refractivity contribution in [1.82, 2.24) is 10.2 Å². The molecule has 1 aromatic carbocycles. The number of hydrogen-bond donors (Lipinski definition) is 2. The fourth-order valence-electron chi connectivity index (χ4n) is 3.20. The zero-order valence-corrected chi connectivity index (χ0v) is 15.9. The van der Waals surface area contributed by atoms with Crippen molar-refractivity contribution in [2.24, 2.45) is 0 Å². The number of rotatable bonds is 6. The van der Waals surface area contributed by atoms with Crippen molar-refractivity contribution < 1.29 is 27.0 Å². The fraction of sp³-hybridized carbons (Fsp3) is 0.588. The van der Waals surface area contributed by atoms with Crippen LogP contribution in [0.15, 0.2) is 6.07 Å². The van der Waals surface area contributed by atoms with Gasteiger partial charge in [-0.15, -0.1) is 0 Å². The van der Waals surface area contributed by atoms with Gasteiger partial charge in [-0.05, 0) is 44.0 Å². The van der Waals surface area contributed by atoms with Crippen LogP contribution >= 0.6 is 11.6 Å². The van der Waals surface area contributed by atoms with E-state index in [9.17, 15) is 9.90 Å². The van der Waals surface area contributed by atoms with Crippen LogP contribution in [0.1, 0.15) is 42.6 Å². The summed E-state index contributed by atoms with van der Waals surface area (Å²) in [6.07, 6.45) is 2.81. The van der Waals surface area contributed by atoms with E-state index in [0.29, 0.717) is 29.6 Å². The number of benzene rings is 1. The number of methoxy groups -OCH3 is 1. The highest BCUT2D eigenvalue weighted by atomic mass is 35.5. The van der Waals surface area contributed by atoms with Gasteiger partial charge in [-0.1, -0.05) is 25.4 Å². The Morgan fingerprint density at radius 1 is 1.50 bits per heavy atom. The van der Waals surface area contributed by atoms with Crippen LogP contribution in [0.25, 0.3) is 0 Å².